The summed E-state index contributed by atoms with van der Waals surface area (Å²) in [4.78, 5) is 21.9. The maximum atomic E-state index is 12.3. The molecule has 0 fully saturated rings. The van der Waals surface area contributed by atoms with Crippen LogP contribution in [0.4, 0.5) is 0 Å². The number of aromatic nitrogens is 3. The van der Waals surface area contributed by atoms with Crippen LogP contribution in [0.2, 0.25) is 0 Å². The first-order valence-electron chi connectivity index (χ1n) is 8.16. The maximum Gasteiger partial charge on any atom is 0.271 e. The number of thiazole rings is 1. The highest BCUT2D eigenvalue weighted by Crippen LogP contribution is 2.27. The van der Waals surface area contributed by atoms with Crippen molar-refractivity contribution < 1.29 is 13.7 Å². The molecule has 1 N–H and O–H groups in total. The molecule has 0 saturated carbocycles. The van der Waals surface area contributed by atoms with Gasteiger partial charge in [0.15, 0.2) is 16.6 Å². The van der Waals surface area contributed by atoms with Crippen molar-refractivity contribution in [2.75, 3.05) is 6.54 Å². The van der Waals surface area contributed by atoms with Gasteiger partial charge in [0, 0.05) is 23.8 Å². The van der Waals surface area contributed by atoms with E-state index < -0.39 is 0 Å². The summed E-state index contributed by atoms with van der Waals surface area (Å²) in [5.74, 6) is 2.04. The molecule has 0 aliphatic rings. The van der Waals surface area contributed by atoms with E-state index in [1.807, 2.05) is 26.8 Å². The number of furan rings is 1. The predicted molar refractivity (Wildman–Crippen MR) is 93.6 cm³/mol. The number of hydrogen-bond acceptors (Lipinski definition) is 7. The first kappa shape index (κ1) is 17.3. The summed E-state index contributed by atoms with van der Waals surface area (Å²) in [6.07, 6.45) is 2.95. The summed E-state index contributed by atoms with van der Waals surface area (Å²) in [5.41, 5.74) is 0.441. The van der Waals surface area contributed by atoms with Crippen LogP contribution in [0, 0.1) is 6.92 Å². The van der Waals surface area contributed by atoms with Crippen molar-refractivity contribution in [1.82, 2.24) is 20.4 Å². The third-order valence-corrected chi connectivity index (χ3v) is 4.58. The fraction of sp³-hybridized carbons (Fsp3) is 0.412. The molecule has 0 aliphatic carbocycles. The van der Waals surface area contributed by atoms with E-state index in [4.69, 9.17) is 8.94 Å². The lowest BCUT2D eigenvalue weighted by atomic mass is 10.2. The Kier molecular flexibility index (Phi) is 5.28. The van der Waals surface area contributed by atoms with E-state index >= 15 is 0 Å². The predicted octanol–water partition coefficient (Wildman–Crippen LogP) is 3.58. The van der Waals surface area contributed by atoms with Crippen molar-refractivity contribution in [3.05, 3.63) is 40.7 Å². The summed E-state index contributed by atoms with van der Waals surface area (Å²) in [7, 11) is 0. The highest BCUT2D eigenvalue weighted by Gasteiger charge is 2.17. The molecule has 0 spiro atoms. The number of carbonyl (C=O) groups is 1. The van der Waals surface area contributed by atoms with Crippen LogP contribution in [0.3, 0.4) is 0 Å². The quantitative estimate of drug-likeness (QED) is 0.647. The zero-order valence-electron chi connectivity index (χ0n) is 14.4. The van der Waals surface area contributed by atoms with E-state index in [-0.39, 0.29) is 11.8 Å². The van der Waals surface area contributed by atoms with Crippen molar-refractivity contribution in [3.8, 4) is 10.8 Å². The van der Waals surface area contributed by atoms with Gasteiger partial charge in [-0.3, -0.25) is 4.79 Å². The van der Waals surface area contributed by atoms with E-state index in [1.165, 1.54) is 11.3 Å². The number of aryl methyl sites for hydroxylation is 2. The Hall–Kier alpha value is -2.48. The van der Waals surface area contributed by atoms with Crippen molar-refractivity contribution in [1.29, 1.82) is 0 Å². The minimum absolute atomic E-state index is 0.181. The Bertz CT molecular complexity index is 836. The Labute approximate surface area is 149 Å². The normalized spacial score (nSPS) is 11.2. The van der Waals surface area contributed by atoms with Crippen molar-refractivity contribution in [3.63, 3.8) is 0 Å². The second-order valence-corrected chi connectivity index (χ2v) is 7.16. The number of hydrogen-bond donors (Lipinski definition) is 1. The molecule has 3 heterocycles. The zero-order valence-corrected chi connectivity index (χ0v) is 15.2. The van der Waals surface area contributed by atoms with Gasteiger partial charge in [0.1, 0.15) is 5.69 Å². The summed E-state index contributed by atoms with van der Waals surface area (Å²) >= 11 is 1.44. The highest BCUT2D eigenvalue weighted by atomic mass is 32.1. The molecule has 0 unspecified atom stereocenters. The van der Waals surface area contributed by atoms with Crippen LogP contribution < -0.4 is 5.32 Å². The Morgan fingerprint density at radius 1 is 1.36 bits per heavy atom. The second-order valence-electron chi connectivity index (χ2n) is 5.96. The molecule has 8 heteroatoms. The molecule has 0 aliphatic heterocycles. The molecule has 0 bridgehead atoms. The smallest absolute Gasteiger partial charge is 0.271 e. The fourth-order valence-electron chi connectivity index (χ4n) is 2.24. The Morgan fingerprint density at radius 3 is 2.88 bits per heavy atom. The van der Waals surface area contributed by atoms with E-state index in [2.05, 4.69) is 20.4 Å². The standard InChI is InChI=1S/C17H20N4O3S/c1-10(2)15-19-13(24-21-15)7-4-8-18-16(22)14-11(3)25-17(20-14)12-6-5-9-23-12/h5-6,9-10H,4,7-8H2,1-3H3,(H,18,22). The minimum Gasteiger partial charge on any atom is -0.462 e. The zero-order chi connectivity index (χ0) is 17.8. The van der Waals surface area contributed by atoms with Crippen LogP contribution in [-0.4, -0.2) is 27.6 Å². The SMILES string of the molecule is Cc1sc(-c2ccco2)nc1C(=O)NCCCc1nc(C(C)C)no1. The summed E-state index contributed by atoms with van der Waals surface area (Å²) in [6.45, 7) is 6.43. The van der Waals surface area contributed by atoms with Crippen LogP contribution in [0.15, 0.2) is 27.3 Å². The number of nitrogens with zero attached hydrogens (tertiary/aromatic N) is 3. The van der Waals surface area contributed by atoms with Crippen LogP contribution in [0.25, 0.3) is 10.8 Å². The van der Waals surface area contributed by atoms with Gasteiger partial charge in [-0.1, -0.05) is 19.0 Å². The second kappa shape index (κ2) is 7.60. The molecule has 0 atom stereocenters. The third kappa shape index (κ3) is 4.14. The van der Waals surface area contributed by atoms with E-state index in [9.17, 15) is 4.79 Å². The average Bonchev–Trinajstić information content (AvgIpc) is 3.31. The number of amides is 1. The van der Waals surface area contributed by atoms with Gasteiger partial charge >= 0.3 is 0 Å². The summed E-state index contributed by atoms with van der Waals surface area (Å²) < 4.78 is 10.5. The molecule has 0 saturated heterocycles. The summed E-state index contributed by atoms with van der Waals surface area (Å²) in [5, 5.41) is 7.52. The van der Waals surface area contributed by atoms with E-state index in [0.29, 0.717) is 41.1 Å². The molecule has 0 aromatic carbocycles. The van der Waals surface area contributed by atoms with E-state index in [1.54, 1.807) is 12.3 Å². The average molecular weight is 360 g/mol. The van der Waals surface area contributed by atoms with Crippen LogP contribution in [-0.2, 0) is 6.42 Å². The van der Waals surface area contributed by atoms with Crippen LogP contribution in [0.5, 0.6) is 0 Å². The number of nitrogens with one attached hydrogen (secondary N) is 1. The van der Waals surface area contributed by atoms with Gasteiger partial charge in [0.25, 0.3) is 5.91 Å². The Balaban J connectivity index is 1.51. The number of carbonyl (C=O) groups excluding carboxylic acids is 1. The maximum absolute atomic E-state index is 12.3. The third-order valence-electron chi connectivity index (χ3n) is 3.60. The molecule has 132 valence electrons. The molecule has 0 radical (unpaired) electrons. The molecule has 3 rings (SSSR count). The van der Waals surface area contributed by atoms with Crippen LogP contribution >= 0.6 is 11.3 Å². The molecule has 3 aromatic heterocycles. The lowest BCUT2D eigenvalue weighted by Gasteiger charge is -2.02. The van der Waals surface area contributed by atoms with Gasteiger partial charge in [-0.15, -0.1) is 11.3 Å². The van der Waals surface area contributed by atoms with Gasteiger partial charge in [0.2, 0.25) is 5.89 Å². The topological polar surface area (TPSA) is 94.1 Å². The van der Waals surface area contributed by atoms with Crippen molar-refractivity contribution in [2.24, 2.45) is 0 Å². The lowest BCUT2D eigenvalue weighted by molar-refractivity contribution is 0.0948. The monoisotopic (exact) mass is 360 g/mol. The molecular formula is C17H20N4O3S. The molecule has 25 heavy (non-hydrogen) atoms. The van der Waals surface area contributed by atoms with Crippen molar-refractivity contribution in [2.45, 2.75) is 39.5 Å². The van der Waals surface area contributed by atoms with Gasteiger partial charge < -0.3 is 14.3 Å². The lowest BCUT2D eigenvalue weighted by Crippen LogP contribution is -2.25. The van der Waals surface area contributed by atoms with Gasteiger partial charge in [-0.2, -0.15) is 4.98 Å². The van der Waals surface area contributed by atoms with Crippen molar-refractivity contribution >= 4 is 17.2 Å². The number of rotatable bonds is 7. The first-order valence-corrected chi connectivity index (χ1v) is 8.98. The molecule has 3 aromatic rings. The van der Waals surface area contributed by atoms with Gasteiger partial charge in [-0.05, 0) is 25.5 Å². The Morgan fingerprint density at radius 2 is 2.20 bits per heavy atom. The van der Waals surface area contributed by atoms with Gasteiger partial charge in [0.05, 0.1) is 6.26 Å². The molecule has 1 amide bonds. The van der Waals surface area contributed by atoms with Gasteiger partial charge in [-0.25, -0.2) is 4.98 Å². The molecule has 7 nitrogen and oxygen atoms in total. The van der Waals surface area contributed by atoms with Crippen LogP contribution in [0.1, 0.15) is 53.3 Å². The summed E-state index contributed by atoms with van der Waals surface area (Å²) in [6, 6.07) is 3.63. The largest absolute Gasteiger partial charge is 0.462 e. The molecular weight excluding hydrogens is 340 g/mol. The fourth-order valence-corrected chi connectivity index (χ4v) is 3.12. The highest BCUT2D eigenvalue weighted by molar-refractivity contribution is 7.15. The minimum atomic E-state index is -0.181. The van der Waals surface area contributed by atoms with E-state index in [0.717, 1.165) is 11.3 Å². The first-order chi connectivity index (χ1) is 12.0.